The van der Waals surface area contributed by atoms with E-state index < -0.39 is 30.0 Å². The number of ether oxygens (including phenoxy) is 2. The molecule has 1 unspecified atom stereocenters. The van der Waals surface area contributed by atoms with E-state index >= 15 is 0 Å². The number of hydrogen-bond donors (Lipinski definition) is 3. The Balaban J connectivity index is 1.58. The molecule has 3 heterocycles. The smallest absolute Gasteiger partial charge is 0.267 e. The van der Waals surface area contributed by atoms with Gasteiger partial charge in [0.1, 0.15) is 24.4 Å². The largest absolute Gasteiger partial charge is 0.480 e. The number of benzene rings is 1. The summed E-state index contributed by atoms with van der Waals surface area (Å²) in [4.78, 5) is 26.0. The third kappa shape index (κ3) is 4.43. The molecule has 0 aliphatic carbocycles. The maximum atomic E-state index is 13.2. The van der Waals surface area contributed by atoms with E-state index in [2.05, 4.69) is 20.3 Å². The van der Waals surface area contributed by atoms with Crippen molar-refractivity contribution in [2.75, 3.05) is 11.9 Å². The fraction of sp³-hybridized carbons (Fsp3) is 0.455. The molecule has 1 amide bonds. The average Bonchev–Trinajstić information content (AvgIpc) is 3.35. The van der Waals surface area contributed by atoms with Gasteiger partial charge in [-0.25, -0.2) is 15.0 Å². The Morgan fingerprint density at radius 2 is 2.03 bits per heavy atom. The number of para-hydroxylation sites is 1. The van der Waals surface area contributed by atoms with Crippen LogP contribution in [0.2, 0.25) is 0 Å². The third-order valence-electron chi connectivity index (χ3n) is 5.32. The van der Waals surface area contributed by atoms with Gasteiger partial charge in [0, 0.05) is 11.8 Å². The van der Waals surface area contributed by atoms with Gasteiger partial charge in [0.15, 0.2) is 23.1 Å². The molecule has 1 aliphatic rings. The summed E-state index contributed by atoms with van der Waals surface area (Å²) >= 11 is 0. The molecule has 0 spiro atoms. The number of aliphatic hydroxyl groups excluding tert-OH is 2. The molecule has 2 aromatic heterocycles. The first-order valence-electron chi connectivity index (χ1n) is 10.4. The molecule has 0 radical (unpaired) electrons. The Hall–Kier alpha value is -3.08. The van der Waals surface area contributed by atoms with Crippen molar-refractivity contribution >= 4 is 22.9 Å². The summed E-state index contributed by atoms with van der Waals surface area (Å²) in [7, 11) is 0. The number of rotatable bonds is 6. The standard InChI is InChI=1S/C22H27N5O5/c1-22(2,3)18(31-13-7-5-4-6-8-13)21(30)26-19-17-20(24-11-23-19)27(12-25-17)16-9-14(29)15(10-28)32-16/h4-8,11-12,14-16,18,28-29H,9-10H2,1-3H3,(H,23,24,26,30)/t14-,15+,16+,18?/m0/s1. The van der Waals surface area contributed by atoms with E-state index in [0.717, 1.165) is 0 Å². The van der Waals surface area contributed by atoms with E-state index in [0.29, 0.717) is 23.3 Å². The van der Waals surface area contributed by atoms with Crippen molar-refractivity contribution in [1.29, 1.82) is 0 Å². The second kappa shape index (κ2) is 8.81. The highest BCUT2D eigenvalue weighted by atomic mass is 16.5. The van der Waals surface area contributed by atoms with Gasteiger partial charge in [-0.3, -0.25) is 9.36 Å². The zero-order chi connectivity index (χ0) is 22.9. The van der Waals surface area contributed by atoms with Crippen molar-refractivity contribution in [2.45, 2.75) is 51.7 Å². The summed E-state index contributed by atoms with van der Waals surface area (Å²) in [6, 6.07) is 9.16. The van der Waals surface area contributed by atoms with Crippen LogP contribution < -0.4 is 10.1 Å². The number of nitrogens with one attached hydrogen (secondary N) is 1. The summed E-state index contributed by atoms with van der Waals surface area (Å²) in [6.45, 7) is 5.48. The summed E-state index contributed by atoms with van der Waals surface area (Å²) in [6.07, 6.45) is 0.375. The van der Waals surface area contributed by atoms with Crippen molar-refractivity contribution < 1.29 is 24.5 Å². The van der Waals surface area contributed by atoms with Crippen molar-refractivity contribution in [1.82, 2.24) is 19.5 Å². The van der Waals surface area contributed by atoms with Crippen molar-refractivity contribution in [3.63, 3.8) is 0 Å². The van der Waals surface area contributed by atoms with E-state index in [1.54, 1.807) is 16.7 Å². The van der Waals surface area contributed by atoms with Gasteiger partial charge in [-0.1, -0.05) is 39.0 Å². The Labute approximate surface area is 185 Å². The molecule has 1 aromatic carbocycles. The highest BCUT2D eigenvalue weighted by Crippen LogP contribution is 2.32. The monoisotopic (exact) mass is 441 g/mol. The van der Waals surface area contributed by atoms with Crippen LogP contribution in [-0.2, 0) is 9.53 Å². The number of carbonyl (C=O) groups excluding carboxylic acids is 1. The molecular formula is C22H27N5O5. The van der Waals surface area contributed by atoms with Gasteiger partial charge in [0.25, 0.3) is 5.91 Å². The molecule has 4 atom stereocenters. The maximum absolute atomic E-state index is 13.2. The minimum atomic E-state index is -0.786. The Morgan fingerprint density at radius 3 is 2.69 bits per heavy atom. The highest BCUT2D eigenvalue weighted by Gasteiger charge is 2.36. The lowest BCUT2D eigenvalue weighted by Crippen LogP contribution is -2.43. The van der Waals surface area contributed by atoms with E-state index in [9.17, 15) is 15.0 Å². The van der Waals surface area contributed by atoms with Crippen molar-refractivity contribution in [3.8, 4) is 5.75 Å². The number of nitrogens with zero attached hydrogens (tertiary/aromatic N) is 4. The number of carbonyl (C=O) groups is 1. The third-order valence-corrected chi connectivity index (χ3v) is 5.32. The number of aliphatic hydroxyl groups is 2. The predicted octanol–water partition coefficient (Wildman–Crippen LogP) is 1.90. The van der Waals surface area contributed by atoms with Gasteiger partial charge in [-0.15, -0.1) is 0 Å². The maximum Gasteiger partial charge on any atom is 0.267 e. The first kappa shape index (κ1) is 22.1. The van der Waals surface area contributed by atoms with E-state index in [1.807, 2.05) is 39.0 Å². The van der Waals surface area contributed by atoms with Crippen LogP contribution in [0.3, 0.4) is 0 Å². The lowest BCUT2D eigenvalue weighted by molar-refractivity contribution is -0.127. The van der Waals surface area contributed by atoms with Crippen LogP contribution in [0.1, 0.15) is 33.4 Å². The zero-order valence-corrected chi connectivity index (χ0v) is 18.2. The van der Waals surface area contributed by atoms with E-state index in [1.165, 1.54) is 12.7 Å². The fourth-order valence-corrected chi connectivity index (χ4v) is 3.65. The second-order valence-electron chi connectivity index (χ2n) is 8.83. The number of hydrogen-bond acceptors (Lipinski definition) is 8. The SMILES string of the molecule is CC(C)(C)C(Oc1ccccc1)C(=O)Nc1ncnc2c1ncn2[C@H]1C[C@H](O)[C@@H](CO)O1. The molecule has 3 N–H and O–H groups in total. The molecule has 1 saturated heterocycles. The topological polar surface area (TPSA) is 132 Å². The van der Waals surface area contributed by atoms with Crippen LogP contribution in [0.5, 0.6) is 5.75 Å². The minimum Gasteiger partial charge on any atom is -0.480 e. The van der Waals surface area contributed by atoms with Crippen LogP contribution in [0, 0.1) is 5.41 Å². The summed E-state index contributed by atoms with van der Waals surface area (Å²) in [5.74, 6) is 0.487. The molecule has 4 rings (SSSR count). The molecular weight excluding hydrogens is 414 g/mol. The molecule has 0 saturated carbocycles. The number of imidazole rings is 1. The summed E-state index contributed by atoms with van der Waals surface area (Å²) < 4.78 is 13.4. The van der Waals surface area contributed by atoms with Crippen molar-refractivity contribution in [2.24, 2.45) is 5.41 Å². The lowest BCUT2D eigenvalue weighted by atomic mass is 9.88. The van der Waals surface area contributed by atoms with E-state index in [-0.39, 0.29) is 18.3 Å². The molecule has 0 bridgehead atoms. The van der Waals surface area contributed by atoms with Gasteiger partial charge in [-0.05, 0) is 12.1 Å². The zero-order valence-electron chi connectivity index (χ0n) is 18.2. The predicted molar refractivity (Wildman–Crippen MR) is 116 cm³/mol. The van der Waals surface area contributed by atoms with Crippen LogP contribution in [0.15, 0.2) is 43.0 Å². The quantitative estimate of drug-likeness (QED) is 0.529. The fourth-order valence-electron chi connectivity index (χ4n) is 3.65. The van der Waals surface area contributed by atoms with Crippen LogP contribution in [0.4, 0.5) is 5.82 Å². The molecule has 1 fully saturated rings. The lowest BCUT2D eigenvalue weighted by Gasteiger charge is -2.29. The molecule has 170 valence electrons. The Kier molecular flexibility index (Phi) is 6.09. The number of anilines is 1. The summed E-state index contributed by atoms with van der Waals surface area (Å²) in [5.41, 5.74) is 0.347. The number of amides is 1. The molecule has 3 aromatic rings. The Bertz CT molecular complexity index is 1080. The molecule has 1 aliphatic heterocycles. The molecule has 10 heteroatoms. The van der Waals surface area contributed by atoms with Crippen molar-refractivity contribution in [3.05, 3.63) is 43.0 Å². The summed E-state index contributed by atoms with van der Waals surface area (Å²) in [5, 5.41) is 22.2. The van der Waals surface area contributed by atoms with Gasteiger partial charge in [-0.2, -0.15) is 0 Å². The second-order valence-corrected chi connectivity index (χ2v) is 8.83. The highest BCUT2D eigenvalue weighted by molar-refractivity contribution is 5.99. The normalized spacial score (nSPS) is 22.1. The average molecular weight is 441 g/mol. The first-order valence-corrected chi connectivity index (χ1v) is 10.4. The molecule has 10 nitrogen and oxygen atoms in total. The van der Waals surface area contributed by atoms with Crippen LogP contribution in [0.25, 0.3) is 11.2 Å². The Morgan fingerprint density at radius 1 is 1.28 bits per heavy atom. The number of aromatic nitrogens is 4. The first-order chi connectivity index (χ1) is 15.3. The number of fused-ring (bicyclic) bond motifs is 1. The van der Waals surface area contributed by atoms with Gasteiger partial charge < -0.3 is 25.0 Å². The van der Waals surface area contributed by atoms with Gasteiger partial charge >= 0.3 is 0 Å². The van der Waals surface area contributed by atoms with Crippen LogP contribution in [-0.4, -0.2) is 60.6 Å². The minimum absolute atomic E-state index is 0.252. The van der Waals surface area contributed by atoms with Gasteiger partial charge in [0.05, 0.1) is 19.0 Å². The van der Waals surface area contributed by atoms with Gasteiger partial charge in [0.2, 0.25) is 0 Å². The van der Waals surface area contributed by atoms with Crippen LogP contribution >= 0.6 is 0 Å². The van der Waals surface area contributed by atoms with E-state index in [4.69, 9.17) is 9.47 Å². The molecule has 32 heavy (non-hydrogen) atoms.